The Kier molecular flexibility index (Phi) is 4.64. The molecular formula is C17H18INOS. The Bertz CT molecular complexity index is 665. The van der Waals surface area contributed by atoms with Gasteiger partial charge in [-0.2, -0.15) is 0 Å². The van der Waals surface area contributed by atoms with E-state index in [0.29, 0.717) is 0 Å². The monoisotopic (exact) mass is 411 g/mol. The molecular weight excluding hydrogens is 393 g/mol. The molecule has 1 N–H and O–H groups in total. The van der Waals surface area contributed by atoms with Crippen molar-refractivity contribution in [3.8, 4) is 0 Å². The van der Waals surface area contributed by atoms with Crippen LogP contribution in [0.2, 0.25) is 0 Å². The molecule has 2 nitrogen and oxygen atoms in total. The van der Waals surface area contributed by atoms with E-state index >= 15 is 0 Å². The zero-order valence-corrected chi connectivity index (χ0v) is 15.0. The molecule has 1 aromatic heterocycles. The van der Waals surface area contributed by atoms with Gasteiger partial charge in [-0.15, -0.1) is 11.3 Å². The largest absolute Gasteiger partial charge is 0.321 e. The number of nitrogens with one attached hydrogen (secondary N) is 1. The summed E-state index contributed by atoms with van der Waals surface area (Å²) in [6, 6.07) is 10.00. The molecule has 0 saturated carbocycles. The minimum absolute atomic E-state index is 0.0180. The van der Waals surface area contributed by atoms with Crippen LogP contribution in [-0.4, -0.2) is 5.91 Å². The number of thiophene rings is 1. The zero-order chi connectivity index (χ0) is 14.8. The fraction of sp³-hybridized carbons (Fsp3) is 0.353. The van der Waals surface area contributed by atoms with Crippen LogP contribution < -0.4 is 5.32 Å². The SMILES string of the molecule is CC[C@@H]1CCc2sc(C(=O)Nc3cccc(I)c3)cc2C1. The number of benzene rings is 1. The number of halogens is 1. The molecule has 1 atom stereocenters. The number of aryl methyl sites for hydroxylation is 1. The normalized spacial score (nSPS) is 17.3. The molecule has 0 spiro atoms. The van der Waals surface area contributed by atoms with Crippen LogP contribution in [0.4, 0.5) is 5.69 Å². The quantitative estimate of drug-likeness (QED) is 0.698. The van der Waals surface area contributed by atoms with E-state index in [2.05, 4.69) is 40.9 Å². The Morgan fingerprint density at radius 1 is 1.43 bits per heavy atom. The average Bonchev–Trinajstić information content (AvgIpc) is 2.90. The van der Waals surface area contributed by atoms with E-state index < -0.39 is 0 Å². The van der Waals surface area contributed by atoms with Gasteiger partial charge >= 0.3 is 0 Å². The summed E-state index contributed by atoms with van der Waals surface area (Å²) >= 11 is 3.92. The van der Waals surface area contributed by atoms with Gasteiger partial charge in [-0.25, -0.2) is 0 Å². The molecule has 0 fully saturated rings. The van der Waals surface area contributed by atoms with Crippen molar-refractivity contribution in [2.75, 3.05) is 5.32 Å². The van der Waals surface area contributed by atoms with E-state index in [1.807, 2.05) is 24.3 Å². The smallest absolute Gasteiger partial charge is 0.265 e. The number of rotatable bonds is 3. The fourth-order valence-corrected chi connectivity index (χ4v) is 4.47. The van der Waals surface area contributed by atoms with Crippen LogP contribution in [0.5, 0.6) is 0 Å². The van der Waals surface area contributed by atoms with E-state index in [1.165, 1.54) is 23.3 Å². The van der Waals surface area contributed by atoms with Gasteiger partial charge in [-0.05, 0) is 77.6 Å². The number of hydrogen-bond donors (Lipinski definition) is 1. The van der Waals surface area contributed by atoms with Crippen molar-refractivity contribution in [3.05, 3.63) is 49.2 Å². The van der Waals surface area contributed by atoms with Gasteiger partial charge in [-0.3, -0.25) is 4.79 Å². The van der Waals surface area contributed by atoms with Gasteiger partial charge in [0.05, 0.1) is 4.88 Å². The molecule has 2 aromatic rings. The maximum atomic E-state index is 12.4. The second-order valence-electron chi connectivity index (χ2n) is 5.54. The van der Waals surface area contributed by atoms with Crippen LogP contribution in [0.3, 0.4) is 0 Å². The summed E-state index contributed by atoms with van der Waals surface area (Å²) in [6.07, 6.45) is 4.77. The van der Waals surface area contributed by atoms with E-state index in [4.69, 9.17) is 0 Å². The molecule has 0 radical (unpaired) electrons. The highest BCUT2D eigenvalue weighted by atomic mass is 127. The first-order valence-corrected chi connectivity index (χ1v) is 9.23. The van der Waals surface area contributed by atoms with Crippen molar-refractivity contribution in [2.24, 2.45) is 5.92 Å². The second-order valence-corrected chi connectivity index (χ2v) is 7.92. The van der Waals surface area contributed by atoms with Crippen LogP contribution in [0.15, 0.2) is 30.3 Å². The summed E-state index contributed by atoms with van der Waals surface area (Å²) in [4.78, 5) is 14.6. The molecule has 0 unspecified atom stereocenters. The Balaban J connectivity index is 1.75. The lowest BCUT2D eigenvalue weighted by atomic mass is 9.87. The Labute approximate surface area is 143 Å². The molecule has 21 heavy (non-hydrogen) atoms. The lowest BCUT2D eigenvalue weighted by Gasteiger charge is -2.19. The highest BCUT2D eigenvalue weighted by molar-refractivity contribution is 14.1. The van der Waals surface area contributed by atoms with Crippen LogP contribution in [-0.2, 0) is 12.8 Å². The van der Waals surface area contributed by atoms with E-state index in [1.54, 1.807) is 11.3 Å². The van der Waals surface area contributed by atoms with E-state index in [0.717, 1.165) is 32.9 Å². The molecule has 4 heteroatoms. The number of carbonyl (C=O) groups is 1. The maximum Gasteiger partial charge on any atom is 0.265 e. The van der Waals surface area contributed by atoms with E-state index in [9.17, 15) is 4.79 Å². The Hall–Kier alpha value is -0.880. The summed E-state index contributed by atoms with van der Waals surface area (Å²) < 4.78 is 1.13. The van der Waals surface area contributed by atoms with Crippen molar-refractivity contribution in [1.29, 1.82) is 0 Å². The van der Waals surface area contributed by atoms with Gasteiger partial charge in [0.2, 0.25) is 0 Å². The number of fused-ring (bicyclic) bond motifs is 1. The standard InChI is InChI=1S/C17H18INOS/c1-2-11-6-7-15-12(8-11)9-16(21-15)17(20)19-14-5-3-4-13(18)10-14/h3-5,9-11H,2,6-8H2,1H3,(H,19,20)/t11-/m1/s1. The van der Waals surface area contributed by atoms with Gasteiger partial charge in [0, 0.05) is 14.1 Å². The third-order valence-corrected chi connectivity index (χ3v) is 5.98. The first kappa shape index (κ1) is 15.0. The van der Waals surface area contributed by atoms with Crippen LogP contribution in [0.25, 0.3) is 0 Å². The maximum absolute atomic E-state index is 12.4. The minimum Gasteiger partial charge on any atom is -0.321 e. The molecule has 1 aromatic carbocycles. The first-order valence-electron chi connectivity index (χ1n) is 7.34. The van der Waals surface area contributed by atoms with Crippen molar-refractivity contribution in [2.45, 2.75) is 32.6 Å². The lowest BCUT2D eigenvalue weighted by Crippen LogP contribution is -2.11. The Morgan fingerprint density at radius 3 is 3.05 bits per heavy atom. The minimum atomic E-state index is 0.0180. The van der Waals surface area contributed by atoms with E-state index in [-0.39, 0.29) is 5.91 Å². The highest BCUT2D eigenvalue weighted by Crippen LogP contribution is 2.33. The van der Waals surface area contributed by atoms with Gasteiger partial charge in [0.1, 0.15) is 0 Å². The first-order chi connectivity index (χ1) is 10.2. The molecule has 1 amide bonds. The number of hydrogen-bond acceptors (Lipinski definition) is 2. The highest BCUT2D eigenvalue weighted by Gasteiger charge is 2.22. The third-order valence-electron chi connectivity index (χ3n) is 4.07. The molecule has 1 aliphatic carbocycles. The van der Waals surface area contributed by atoms with Crippen LogP contribution in [0, 0.1) is 9.49 Å². The zero-order valence-electron chi connectivity index (χ0n) is 12.0. The molecule has 0 saturated heterocycles. The lowest BCUT2D eigenvalue weighted by molar-refractivity contribution is 0.103. The molecule has 1 heterocycles. The predicted molar refractivity (Wildman–Crippen MR) is 97.2 cm³/mol. The average molecular weight is 411 g/mol. The van der Waals surface area contributed by atoms with Gasteiger partial charge in [0.25, 0.3) is 5.91 Å². The number of carbonyl (C=O) groups excluding carboxylic acids is 1. The van der Waals surface area contributed by atoms with Crippen molar-refractivity contribution in [3.63, 3.8) is 0 Å². The fourth-order valence-electron chi connectivity index (χ4n) is 2.82. The van der Waals surface area contributed by atoms with Crippen molar-refractivity contribution in [1.82, 2.24) is 0 Å². The van der Waals surface area contributed by atoms with Gasteiger partial charge in [0.15, 0.2) is 0 Å². The number of amides is 1. The molecule has 3 rings (SSSR count). The molecule has 0 bridgehead atoms. The number of anilines is 1. The van der Waals surface area contributed by atoms with Gasteiger partial charge in [-0.1, -0.05) is 19.4 Å². The van der Waals surface area contributed by atoms with Gasteiger partial charge < -0.3 is 5.32 Å². The summed E-state index contributed by atoms with van der Waals surface area (Å²) in [6.45, 7) is 2.26. The summed E-state index contributed by atoms with van der Waals surface area (Å²) in [5, 5.41) is 3.00. The molecule has 110 valence electrons. The van der Waals surface area contributed by atoms with Crippen molar-refractivity contribution >= 4 is 45.5 Å². The Morgan fingerprint density at radius 2 is 2.29 bits per heavy atom. The van der Waals surface area contributed by atoms with Crippen LogP contribution >= 0.6 is 33.9 Å². The van der Waals surface area contributed by atoms with Crippen LogP contribution in [0.1, 0.15) is 39.9 Å². The summed E-state index contributed by atoms with van der Waals surface area (Å²) in [7, 11) is 0. The predicted octanol–water partition coefficient (Wildman–Crippen LogP) is 5.12. The third kappa shape index (κ3) is 3.48. The molecule has 1 aliphatic rings. The van der Waals surface area contributed by atoms with Crippen molar-refractivity contribution < 1.29 is 4.79 Å². The summed E-state index contributed by atoms with van der Waals surface area (Å²) in [5.74, 6) is 0.808. The summed E-state index contributed by atoms with van der Waals surface area (Å²) in [5.41, 5.74) is 2.26. The topological polar surface area (TPSA) is 29.1 Å². The second kappa shape index (κ2) is 6.48. The molecule has 0 aliphatic heterocycles.